The number of unbranched alkanes of at least 4 members (excludes halogenated alkanes) is 6. The number of aromatic nitrogens is 2. The van der Waals surface area contributed by atoms with Crippen molar-refractivity contribution in [1.82, 2.24) is 9.97 Å². The molecule has 1 atom stereocenters. The molecule has 1 aromatic heterocycles. The van der Waals surface area contributed by atoms with Gasteiger partial charge in [-0.25, -0.2) is 18.7 Å². The molecule has 0 aliphatic heterocycles. The fraction of sp³-hybridized carbons (Fsp3) is 0.583. The van der Waals surface area contributed by atoms with Crippen LogP contribution in [0, 0.1) is 5.82 Å². The van der Waals surface area contributed by atoms with Crippen molar-refractivity contribution in [1.29, 1.82) is 0 Å². The van der Waals surface area contributed by atoms with Crippen molar-refractivity contribution in [2.24, 2.45) is 0 Å². The Balaban J connectivity index is 1.78. The number of hydrogen-bond acceptors (Lipinski definition) is 3. The summed E-state index contributed by atoms with van der Waals surface area (Å²) in [4.78, 5) is 8.54. The number of nitrogens with zero attached hydrogens (tertiary/aromatic N) is 2. The van der Waals surface area contributed by atoms with Crippen LogP contribution in [0.2, 0.25) is 0 Å². The predicted molar refractivity (Wildman–Crippen MR) is 114 cm³/mol. The minimum Gasteiger partial charge on any atom is -0.493 e. The van der Waals surface area contributed by atoms with Crippen LogP contribution in [-0.4, -0.2) is 22.7 Å². The molecule has 0 spiro atoms. The average Bonchev–Trinajstić information content (AvgIpc) is 2.70. The molecule has 160 valence electrons. The Morgan fingerprint density at radius 1 is 0.966 bits per heavy atom. The van der Waals surface area contributed by atoms with Crippen molar-refractivity contribution in [2.75, 3.05) is 6.61 Å². The highest BCUT2D eigenvalue weighted by atomic mass is 19.1. The number of hydrogen-bond donors (Lipinski definition) is 0. The molecule has 0 aliphatic rings. The van der Waals surface area contributed by atoms with Gasteiger partial charge in [-0.05, 0) is 50.3 Å². The van der Waals surface area contributed by atoms with E-state index >= 15 is 0 Å². The molecule has 0 amide bonds. The van der Waals surface area contributed by atoms with Crippen molar-refractivity contribution in [2.45, 2.75) is 84.2 Å². The summed E-state index contributed by atoms with van der Waals surface area (Å²) in [6.45, 7) is 4.39. The van der Waals surface area contributed by atoms with Gasteiger partial charge >= 0.3 is 0 Å². The Morgan fingerprint density at radius 2 is 1.66 bits per heavy atom. The maximum atomic E-state index is 14.5. The standard InChI is InChI=1S/C24H34F2N2O/c1-3-4-5-6-7-8-9-15-29-21-13-14-22(23(26)16-21)24-27-17-20(18-28-24)12-10-11-19(2)25/h13-14,16-19H,3-12,15H2,1-2H3. The molecule has 2 aromatic rings. The molecule has 0 N–H and O–H groups in total. The number of halogens is 2. The Hall–Kier alpha value is -2.04. The van der Waals surface area contributed by atoms with E-state index in [9.17, 15) is 8.78 Å². The monoisotopic (exact) mass is 404 g/mol. The van der Waals surface area contributed by atoms with Gasteiger partial charge < -0.3 is 4.74 Å². The van der Waals surface area contributed by atoms with Gasteiger partial charge in [-0.2, -0.15) is 0 Å². The zero-order valence-corrected chi connectivity index (χ0v) is 17.8. The molecule has 3 nitrogen and oxygen atoms in total. The van der Waals surface area contributed by atoms with Gasteiger partial charge in [0.15, 0.2) is 5.82 Å². The lowest BCUT2D eigenvalue weighted by Gasteiger charge is -2.09. The zero-order chi connectivity index (χ0) is 20.9. The minimum atomic E-state index is -0.796. The Labute approximate surface area is 173 Å². The summed E-state index contributed by atoms with van der Waals surface area (Å²) in [7, 11) is 0. The summed E-state index contributed by atoms with van der Waals surface area (Å²) in [6, 6.07) is 4.82. The van der Waals surface area contributed by atoms with Crippen LogP contribution in [0.1, 0.15) is 77.2 Å². The molecule has 5 heteroatoms. The fourth-order valence-corrected chi connectivity index (χ4v) is 3.23. The van der Waals surface area contributed by atoms with Gasteiger partial charge in [-0.3, -0.25) is 0 Å². The van der Waals surface area contributed by atoms with E-state index in [4.69, 9.17) is 4.74 Å². The Bertz CT molecular complexity index is 705. The van der Waals surface area contributed by atoms with E-state index in [1.54, 1.807) is 31.5 Å². The van der Waals surface area contributed by atoms with Crippen LogP contribution >= 0.6 is 0 Å². The molecule has 0 fully saturated rings. The number of rotatable bonds is 14. The maximum absolute atomic E-state index is 14.5. The highest BCUT2D eigenvalue weighted by Crippen LogP contribution is 2.24. The van der Waals surface area contributed by atoms with Gasteiger partial charge in [0.25, 0.3) is 0 Å². The second-order valence-electron chi connectivity index (χ2n) is 7.70. The normalized spacial score (nSPS) is 12.1. The maximum Gasteiger partial charge on any atom is 0.162 e. The largest absolute Gasteiger partial charge is 0.493 e. The SMILES string of the molecule is CCCCCCCCCOc1ccc(-c2ncc(CCCC(C)F)cn2)c(F)c1. The lowest BCUT2D eigenvalue weighted by molar-refractivity contribution is 0.303. The first-order valence-electron chi connectivity index (χ1n) is 11.0. The summed E-state index contributed by atoms with van der Waals surface area (Å²) in [5.74, 6) is 0.499. The lowest BCUT2D eigenvalue weighted by Crippen LogP contribution is -1.99. The summed E-state index contributed by atoms with van der Waals surface area (Å²) in [5, 5.41) is 0. The minimum absolute atomic E-state index is 0.351. The van der Waals surface area contributed by atoms with Gasteiger partial charge in [0.1, 0.15) is 11.6 Å². The second kappa shape index (κ2) is 13.2. The third-order valence-corrected chi connectivity index (χ3v) is 4.97. The third kappa shape index (κ3) is 8.88. The molecule has 0 radical (unpaired) electrons. The third-order valence-electron chi connectivity index (χ3n) is 4.97. The van der Waals surface area contributed by atoms with E-state index in [2.05, 4.69) is 16.9 Å². The number of alkyl halides is 1. The molecule has 2 rings (SSSR count). The number of aryl methyl sites for hydroxylation is 1. The van der Waals surface area contributed by atoms with E-state index in [0.717, 1.165) is 31.2 Å². The van der Waals surface area contributed by atoms with Gasteiger partial charge in [-0.1, -0.05) is 45.4 Å². The summed E-state index contributed by atoms with van der Waals surface area (Å²) >= 11 is 0. The molecule has 1 unspecified atom stereocenters. The van der Waals surface area contributed by atoms with Crippen LogP contribution in [0.25, 0.3) is 11.4 Å². The molecule has 0 saturated heterocycles. The van der Waals surface area contributed by atoms with Gasteiger partial charge in [0.05, 0.1) is 18.3 Å². The summed E-state index contributed by atoms with van der Waals surface area (Å²) in [5.41, 5.74) is 1.29. The van der Waals surface area contributed by atoms with Crippen molar-refractivity contribution in [3.8, 4) is 17.1 Å². The molecular formula is C24H34F2N2O. The van der Waals surface area contributed by atoms with Crippen LogP contribution in [0.4, 0.5) is 8.78 Å². The Kier molecular flexibility index (Phi) is 10.6. The highest BCUT2D eigenvalue weighted by Gasteiger charge is 2.10. The first kappa shape index (κ1) is 23.2. The smallest absolute Gasteiger partial charge is 0.162 e. The van der Waals surface area contributed by atoms with Crippen molar-refractivity contribution in [3.05, 3.63) is 42.0 Å². The van der Waals surface area contributed by atoms with Crippen LogP contribution in [0.3, 0.4) is 0 Å². The average molecular weight is 405 g/mol. The van der Waals surface area contributed by atoms with E-state index in [-0.39, 0.29) is 5.82 Å². The number of ether oxygens (including phenoxy) is 1. The summed E-state index contributed by atoms with van der Waals surface area (Å²) < 4.78 is 33.0. The van der Waals surface area contributed by atoms with Crippen molar-refractivity contribution >= 4 is 0 Å². The van der Waals surface area contributed by atoms with E-state index in [1.165, 1.54) is 38.2 Å². The molecule has 1 heterocycles. The molecule has 1 aromatic carbocycles. The van der Waals surface area contributed by atoms with E-state index < -0.39 is 6.17 Å². The molecule has 0 aliphatic carbocycles. The van der Waals surface area contributed by atoms with E-state index in [1.807, 2.05) is 0 Å². The second-order valence-corrected chi connectivity index (χ2v) is 7.70. The summed E-state index contributed by atoms with van der Waals surface area (Å²) in [6.07, 6.45) is 13.1. The quantitative estimate of drug-likeness (QED) is 0.315. The lowest BCUT2D eigenvalue weighted by atomic mass is 10.1. The fourth-order valence-electron chi connectivity index (χ4n) is 3.23. The van der Waals surface area contributed by atoms with Crippen LogP contribution < -0.4 is 4.74 Å². The van der Waals surface area contributed by atoms with Crippen LogP contribution in [-0.2, 0) is 6.42 Å². The van der Waals surface area contributed by atoms with Gasteiger partial charge in [0.2, 0.25) is 0 Å². The zero-order valence-electron chi connectivity index (χ0n) is 17.8. The van der Waals surface area contributed by atoms with Gasteiger partial charge in [-0.15, -0.1) is 0 Å². The van der Waals surface area contributed by atoms with Gasteiger partial charge in [0, 0.05) is 18.5 Å². The van der Waals surface area contributed by atoms with Crippen LogP contribution in [0.15, 0.2) is 30.6 Å². The molecule has 0 bridgehead atoms. The first-order valence-corrected chi connectivity index (χ1v) is 11.0. The number of benzene rings is 1. The molecular weight excluding hydrogens is 370 g/mol. The van der Waals surface area contributed by atoms with Crippen molar-refractivity contribution in [3.63, 3.8) is 0 Å². The van der Waals surface area contributed by atoms with E-state index in [0.29, 0.717) is 30.2 Å². The highest BCUT2D eigenvalue weighted by molar-refractivity contribution is 5.57. The Morgan fingerprint density at radius 3 is 2.31 bits per heavy atom. The van der Waals surface area contributed by atoms with Crippen LogP contribution in [0.5, 0.6) is 5.75 Å². The first-order chi connectivity index (χ1) is 14.1. The molecule has 29 heavy (non-hydrogen) atoms. The predicted octanol–water partition coefficient (Wildman–Crippen LogP) is 7.09. The molecule has 0 saturated carbocycles. The van der Waals surface area contributed by atoms with Crippen molar-refractivity contribution < 1.29 is 13.5 Å². The topological polar surface area (TPSA) is 35.0 Å².